The average molecular weight is 193 g/mol. The van der Waals surface area contributed by atoms with Gasteiger partial charge < -0.3 is 15.4 Å². The lowest BCUT2D eigenvalue weighted by atomic mass is 10.0. The molecule has 2 N–H and O–H groups in total. The van der Waals surface area contributed by atoms with E-state index in [0.717, 1.165) is 31.2 Å². The van der Waals surface area contributed by atoms with Crippen molar-refractivity contribution in [2.75, 3.05) is 31.6 Å². The van der Waals surface area contributed by atoms with Crippen LogP contribution in [-0.4, -0.2) is 31.7 Å². The fourth-order valence-electron chi connectivity index (χ4n) is 1.59. The molecule has 0 bridgehead atoms. The molecule has 0 atom stereocenters. The van der Waals surface area contributed by atoms with Crippen LogP contribution in [0.2, 0.25) is 0 Å². The first kappa shape index (κ1) is 9.27. The van der Waals surface area contributed by atoms with Gasteiger partial charge in [-0.05, 0) is 18.7 Å². The van der Waals surface area contributed by atoms with Crippen molar-refractivity contribution >= 4 is 5.82 Å². The van der Waals surface area contributed by atoms with Gasteiger partial charge in [0.25, 0.3) is 0 Å². The molecule has 2 heterocycles. The molecule has 4 nitrogen and oxygen atoms in total. The van der Waals surface area contributed by atoms with E-state index >= 15 is 0 Å². The van der Waals surface area contributed by atoms with Gasteiger partial charge in [-0.15, -0.1) is 0 Å². The number of methoxy groups -OCH3 is 1. The van der Waals surface area contributed by atoms with E-state index < -0.39 is 0 Å². The van der Waals surface area contributed by atoms with Gasteiger partial charge in [-0.2, -0.15) is 0 Å². The zero-order valence-corrected chi connectivity index (χ0v) is 8.31. The topological polar surface area (TPSA) is 51.4 Å². The number of hydrogen-bond donors (Lipinski definition) is 1. The highest BCUT2D eigenvalue weighted by atomic mass is 16.5. The lowest BCUT2D eigenvalue weighted by Crippen LogP contribution is -2.50. The maximum absolute atomic E-state index is 5.55. The molecule has 0 unspecified atom stereocenters. The smallest absolute Gasteiger partial charge is 0.137 e. The van der Waals surface area contributed by atoms with Crippen LogP contribution in [0.15, 0.2) is 18.3 Å². The van der Waals surface area contributed by atoms with E-state index in [2.05, 4.69) is 9.88 Å². The van der Waals surface area contributed by atoms with Gasteiger partial charge in [0.05, 0.1) is 13.3 Å². The van der Waals surface area contributed by atoms with Gasteiger partial charge in [-0.25, -0.2) is 4.98 Å². The third-order valence-corrected chi connectivity index (χ3v) is 2.57. The summed E-state index contributed by atoms with van der Waals surface area (Å²) >= 11 is 0. The van der Waals surface area contributed by atoms with Crippen LogP contribution in [0.4, 0.5) is 5.82 Å². The summed E-state index contributed by atoms with van der Waals surface area (Å²) in [5.74, 6) is 2.44. The van der Waals surface area contributed by atoms with E-state index in [1.165, 1.54) is 0 Å². The summed E-state index contributed by atoms with van der Waals surface area (Å²) in [6, 6.07) is 3.91. The molecule has 1 aliphatic heterocycles. The molecule has 0 aromatic carbocycles. The van der Waals surface area contributed by atoms with Crippen molar-refractivity contribution in [2.24, 2.45) is 11.7 Å². The number of anilines is 1. The molecule has 4 heteroatoms. The molecule has 1 saturated heterocycles. The molecular weight excluding hydrogens is 178 g/mol. The molecule has 0 radical (unpaired) electrons. The maximum Gasteiger partial charge on any atom is 0.137 e. The van der Waals surface area contributed by atoms with Crippen molar-refractivity contribution in [3.05, 3.63) is 18.3 Å². The zero-order valence-electron chi connectivity index (χ0n) is 8.31. The summed E-state index contributed by atoms with van der Waals surface area (Å²) in [5.41, 5.74) is 5.55. The van der Waals surface area contributed by atoms with Crippen LogP contribution in [0.3, 0.4) is 0 Å². The van der Waals surface area contributed by atoms with E-state index in [0.29, 0.717) is 5.92 Å². The monoisotopic (exact) mass is 193 g/mol. The van der Waals surface area contributed by atoms with Crippen LogP contribution in [0.25, 0.3) is 0 Å². The summed E-state index contributed by atoms with van der Waals surface area (Å²) in [6.45, 7) is 2.82. The van der Waals surface area contributed by atoms with Crippen LogP contribution >= 0.6 is 0 Å². The lowest BCUT2D eigenvalue weighted by molar-refractivity contribution is 0.407. The third-order valence-electron chi connectivity index (χ3n) is 2.57. The predicted octanol–water partition coefficient (Wildman–Crippen LogP) is 0.485. The number of ether oxygens (including phenoxy) is 1. The molecule has 1 aliphatic rings. The van der Waals surface area contributed by atoms with Gasteiger partial charge in [0, 0.05) is 19.0 Å². The van der Waals surface area contributed by atoms with Crippen molar-refractivity contribution in [1.29, 1.82) is 0 Å². The second-order valence-electron chi connectivity index (χ2n) is 3.56. The summed E-state index contributed by atoms with van der Waals surface area (Å²) in [7, 11) is 1.64. The molecule has 1 aromatic rings. The molecule has 76 valence electrons. The molecule has 14 heavy (non-hydrogen) atoms. The normalized spacial score (nSPS) is 16.6. The number of nitrogens with zero attached hydrogens (tertiary/aromatic N) is 2. The minimum atomic E-state index is 0.638. The molecule has 0 aliphatic carbocycles. The van der Waals surface area contributed by atoms with Gasteiger partial charge in [-0.3, -0.25) is 0 Å². The molecule has 1 fully saturated rings. The largest absolute Gasteiger partial charge is 0.495 e. The standard InChI is InChI=1S/C10H15N3O/c1-14-9-2-3-10(12-5-9)13-6-8(4-11)7-13/h2-3,5,8H,4,6-7,11H2,1H3. The summed E-state index contributed by atoms with van der Waals surface area (Å²) < 4.78 is 5.04. The second-order valence-corrected chi connectivity index (χ2v) is 3.56. The summed E-state index contributed by atoms with van der Waals surface area (Å²) in [5, 5.41) is 0. The molecule has 1 aromatic heterocycles. The van der Waals surface area contributed by atoms with Gasteiger partial charge in [-0.1, -0.05) is 0 Å². The van der Waals surface area contributed by atoms with Crippen LogP contribution in [0, 0.1) is 5.92 Å². The van der Waals surface area contributed by atoms with Crippen LogP contribution in [0.1, 0.15) is 0 Å². The predicted molar refractivity (Wildman–Crippen MR) is 55.5 cm³/mol. The zero-order chi connectivity index (χ0) is 9.97. The SMILES string of the molecule is COc1ccc(N2CC(CN)C2)nc1. The van der Waals surface area contributed by atoms with E-state index in [1.54, 1.807) is 13.3 Å². The van der Waals surface area contributed by atoms with Crippen LogP contribution < -0.4 is 15.4 Å². The Bertz CT molecular complexity index is 293. The minimum absolute atomic E-state index is 0.638. The van der Waals surface area contributed by atoms with Crippen molar-refractivity contribution in [2.45, 2.75) is 0 Å². The molecule has 0 spiro atoms. The van der Waals surface area contributed by atoms with Crippen molar-refractivity contribution in [1.82, 2.24) is 4.98 Å². The fraction of sp³-hybridized carbons (Fsp3) is 0.500. The Labute approximate surface area is 83.7 Å². The Morgan fingerprint density at radius 3 is 2.86 bits per heavy atom. The Morgan fingerprint density at radius 1 is 1.57 bits per heavy atom. The van der Waals surface area contributed by atoms with Gasteiger partial charge in [0.2, 0.25) is 0 Å². The molecule has 2 rings (SSSR count). The van der Waals surface area contributed by atoms with Crippen molar-refractivity contribution in [3.63, 3.8) is 0 Å². The number of rotatable bonds is 3. The highest BCUT2D eigenvalue weighted by molar-refractivity contribution is 5.43. The quantitative estimate of drug-likeness (QED) is 0.759. The third kappa shape index (κ3) is 1.65. The van der Waals surface area contributed by atoms with Gasteiger partial charge >= 0.3 is 0 Å². The minimum Gasteiger partial charge on any atom is -0.495 e. The van der Waals surface area contributed by atoms with Crippen molar-refractivity contribution in [3.8, 4) is 5.75 Å². The van der Waals surface area contributed by atoms with E-state index in [-0.39, 0.29) is 0 Å². The van der Waals surface area contributed by atoms with E-state index in [1.807, 2.05) is 12.1 Å². The fourth-order valence-corrected chi connectivity index (χ4v) is 1.59. The Morgan fingerprint density at radius 2 is 2.36 bits per heavy atom. The summed E-state index contributed by atoms with van der Waals surface area (Å²) in [6.07, 6.45) is 1.74. The van der Waals surface area contributed by atoms with Gasteiger partial charge in [0.15, 0.2) is 0 Å². The first-order valence-corrected chi connectivity index (χ1v) is 4.78. The van der Waals surface area contributed by atoms with E-state index in [9.17, 15) is 0 Å². The lowest BCUT2D eigenvalue weighted by Gasteiger charge is -2.39. The Hall–Kier alpha value is -1.29. The first-order valence-electron chi connectivity index (χ1n) is 4.78. The van der Waals surface area contributed by atoms with E-state index in [4.69, 9.17) is 10.5 Å². The summed E-state index contributed by atoms with van der Waals surface area (Å²) in [4.78, 5) is 6.52. The number of hydrogen-bond acceptors (Lipinski definition) is 4. The van der Waals surface area contributed by atoms with Gasteiger partial charge in [0.1, 0.15) is 11.6 Å². The Kier molecular flexibility index (Phi) is 2.54. The molecule has 0 saturated carbocycles. The number of pyridine rings is 1. The average Bonchev–Trinajstić information content (AvgIpc) is 2.17. The first-order chi connectivity index (χ1) is 6.83. The highest BCUT2D eigenvalue weighted by Gasteiger charge is 2.25. The van der Waals surface area contributed by atoms with Crippen molar-refractivity contribution < 1.29 is 4.74 Å². The molecular formula is C10H15N3O. The number of aromatic nitrogens is 1. The second kappa shape index (κ2) is 3.84. The Balaban J connectivity index is 1.98. The number of nitrogens with two attached hydrogens (primary N) is 1. The molecule has 0 amide bonds. The van der Waals surface area contributed by atoms with Crippen LogP contribution in [-0.2, 0) is 0 Å². The van der Waals surface area contributed by atoms with Crippen LogP contribution in [0.5, 0.6) is 5.75 Å². The maximum atomic E-state index is 5.55. The highest BCUT2D eigenvalue weighted by Crippen LogP contribution is 2.23.